The van der Waals surface area contributed by atoms with Crippen molar-refractivity contribution in [2.45, 2.75) is 55.5 Å². The monoisotopic (exact) mass is 397 g/mol. The first-order valence-electron chi connectivity index (χ1n) is 10.2. The first-order valence-corrected chi connectivity index (χ1v) is 11.5. The summed E-state index contributed by atoms with van der Waals surface area (Å²) in [4.78, 5) is 12.7. The molecule has 6 nitrogen and oxygen atoms in total. The van der Waals surface area contributed by atoms with Crippen molar-refractivity contribution in [3.05, 3.63) is 41.1 Å². The highest BCUT2D eigenvalue weighted by Crippen LogP contribution is 2.35. The molecule has 1 aliphatic carbocycles. The number of nitrogens with one attached hydrogen (secondary N) is 1. The summed E-state index contributed by atoms with van der Waals surface area (Å²) >= 11 is 0. The van der Waals surface area contributed by atoms with Crippen LogP contribution in [0, 0.1) is 6.92 Å². The van der Waals surface area contributed by atoms with Crippen molar-refractivity contribution in [2.75, 3.05) is 29.1 Å². The number of hydrogen-bond acceptors (Lipinski definition) is 6. The molecule has 0 spiro atoms. The molecule has 3 heterocycles. The van der Waals surface area contributed by atoms with Gasteiger partial charge >= 0.3 is 0 Å². The Balaban J connectivity index is 1.34. The van der Waals surface area contributed by atoms with Gasteiger partial charge in [0.2, 0.25) is 5.95 Å². The zero-order chi connectivity index (χ0) is 19.3. The van der Waals surface area contributed by atoms with E-state index in [9.17, 15) is 4.21 Å². The number of hydrogen-bond donors (Lipinski definition) is 2. The molecule has 3 atom stereocenters. The molecular weight excluding hydrogens is 370 g/mol. The van der Waals surface area contributed by atoms with Gasteiger partial charge in [-0.15, -0.1) is 0 Å². The maximum absolute atomic E-state index is 12.4. The zero-order valence-electron chi connectivity index (χ0n) is 16.2. The van der Waals surface area contributed by atoms with Crippen molar-refractivity contribution < 1.29 is 4.21 Å². The Morgan fingerprint density at radius 1 is 1.18 bits per heavy atom. The smallest absolute Gasteiger partial charge is 0.227 e. The van der Waals surface area contributed by atoms with Gasteiger partial charge in [0.05, 0.1) is 16.5 Å². The minimum absolute atomic E-state index is 0.175. The fourth-order valence-corrected chi connectivity index (χ4v) is 5.54. The maximum atomic E-state index is 12.4. The van der Waals surface area contributed by atoms with Crippen molar-refractivity contribution in [2.24, 2.45) is 5.73 Å². The van der Waals surface area contributed by atoms with Gasteiger partial charge in [-0.25, -0.2) is 4.98 Å². The van der Waals surface area contributed by atoms with E-state index in [0.29, 0.717) is 11.7 Å². The average Bonchev–Trinajstić information content (AvgIpc) is 3.26. The lowest BCUT2D eigenvalue weighted by atomic mass is 9.89. The van der Waals surface area contributed by atoms with Crippen LogP contribution in [-0.2, 0) is 17.2 Å². The van der Waals surface area contributed by atoms with Gasteiger partial charge in [-0.05, 0) is 37.7 Å². The summed E-state index contributed by atoms with van der Waals surface area (Å²) in [6.07, 6.45) is 3.92. The number of anilines is 2. The Hall–Kier alpha value is -1.99. The molecule has 1 aromatic carbocycles. The first-order chi connectivity index (χ1) is 13.6. The Labute approximate surface area is 168 Å². The van der Waals surface area contributed by atoms with Gasteiger partial charge in [0, 0.05) is 37.3 Å². The van der Waals surface area contributed by atoms with E-state index in [2.05, 4.69) is 41.4 Å². The lowest BCUT2D eigenvalue weighted by Gasteiger charge is -2.32. The summed E-state index contributed by atoms with van der Waals surface area (Å²) < 4.78 is 12.4. The standard InChI is InChI=1S/C21H27N5OS/c1-13-2-4-14(5-3-13)15-6-9-26(10-7-15)21-24-17-8-11-28(27)19(17)20(25-21)23-18-12-16(18)22/h2-5,15-16,18H,6-12,22H2,1H3,(H,23,24,25)/t16-,18?,28?/m0/s1. The highest BCUT2D eigenvalue weighted by molar-refractivity contribution is 7.85. The van der Waals surface area contributed by atoms with E-state index in [1.54, 1.807) is 0 Å². The molecule has 2 fully saturated rings. The van der Waals surface area contributed by atoms with Crippen LogP contribution in [0.3, 0.4) is 0 Å². The topological polar surface area (TPSA) is 84.1 Å². The second-order valence-corrected chi connectivity index (χ2v) is 9.78. The Bertz CT molecular complexity index is 908. The van der Waals surface area contributed by atoms with Crippen LogP contribution in [0.2, 0.25) is 0 Å². The Kier molecular flexibility index (Phi) is 4.59. The van der Waals surface area contributed by atoms with Crippen molar-refractivity contribution >= 4 is 22.6 Å². The third kappa shape index (κ3) is 3.42. The molecule has 3 N–H and O–H groups in total. The van der Waals surface area contributed by atoms with Gasteiger partial charge in [-0.2, -0.15) is 4.98 Å². The van der Waals surface area contributed by atoms with Crippen LogP contribution in [0.25, 0.3) is 0 Å². The van der Waals surface area contributed by atoms with Gasteiger partial charge in [-0.1, -0.05) is 29.8 Å². The van der Waals surface area contributed by atoms with Gasteiger partial charge in [0.15, 0.2) is 0 Å². The number of aromatic nitrogens is 2. The average molecular weight is 398 g/mol. The van der Waals surface area contributed by atoms with Gasteiger partial charge < -0.3 is 16.0 Å². The van der Waals surface area contributed by atoms with E-state index in [0.717, 1.165) is 61.1 Å². The second-order valence-electron chi connectivity index (χ2n) is 8.27. The van der Waals surface area contributed by atoms with Crippen molar-refractivity contribution in [3.8, 4) is 0 Å². The molecule has 1 saturated carbocycles. The van der Waals surface area contributed by atoms with E-state index in [-0.39, 0.29) is 12.1 Å². The predicted octanol–water partition coefficient (Wildman–Crippen LogP) is 2.34. The molecular formula is C21H27N5OS. The molecule has 2 aromatic rings. The molecule has 3 aliphatic rings. The quantitative estimate of drug-likeness (QED) is 0.824. The molecule has 0 bridgehead atoms. The number of nitrogens with zero attached hydrogens (tertiary/aromatic N) is 3. The predicted molar refractivity (Wildman–Crippen MR) is 112 cm³/mol. The van der Waals surface area contributed by atoms with E-state index in [1.165, 1.54) is 11.1 Å². The summed E-state index contributed by atoms with van der Waals surface area (Å²) in [7, 11) is -1.00. The first kappa shape index (κ1) is 18.1. The number of aryl methyl sites for hydroxylation is 2. The largest absolute Gasteiger partial charge is 0.365 e. The van der Waals surface area contributed by atoms with Crippen LogP contribution in [0.15, 0.2) is 29.2 Å². The van der Waals surface area contributed by atoms with Gasteiger partial charge in [0.25, 0.3) is 0 Å². The fourth-order valence-electron chi connectivity index (χ4n) is 4.23. The lowest BCUT2D eigenvalue weighted by molar-refractivity contribution is 0.499. The molecule has 1 saturated heterocycles. The molecule has 28 heavy (non-hydrogen) atoms. The fraction of sp³-hybridized carbons (Fsp3) is 0.524. The van der Waals surface area contributed by atoms with Crippen LogP contribution in [-0.4, -0.2) is 45.1 Å². The Morgan fingerprint density at radius 2 is 1.89 bits per heavy atom. The van der Waals surface area contributed by atoms with Crippen molar-refractivity contribution in [1.82, 2.24) is 9.97 Å². The van der Waals surface area contributed by atoms with Crippen LogP contribution in [0.5, 0.6) is 0 Å². The minimum Gasteiger partial charge on any atom is -0.365 e. The summed E-state index contributed by atoms with van der Waals surface area (Å²) in [6.45, 7) is 4.02. The third-order valence-electron chi connectivity index (χ3n) is 6.16. The van der Waals surface area contributed by atoms with Crippen LogP contribution in [0.4, 0.5) is 11.8 Å². The van der Waals surface area contributed by atoms with E-state index >= 15 is 0 Å². The molecule has 2 unspecified atom stereocenters. The molecule has 0 amide bonds. The number of fused-ring (bicyclic) bond motifs is 1. The summed E-state index contributed by atoms with van der Waals surface area (Å²) in [5.74, 6) is 2.76. The number of nitrogens with two attached hydrogens (primary N) is 1. The van der Waals surface area contributed by atoms with E-state index in [4.69, 9.17) is 15.7 Å². The normalized spacial score (nSPS) is 26.9. The second kappa shape index (κ2) is 7.12. The molecule has 1 aromatic heterocycles. The summed E-state index contributed by atoms with van der Waals surface area (Å²) in [5, 5.41) is 3.42. The van der Waals surface area contributed by atoms with Crippen LogP contribution >= 0.6 is 0 Å². The van der Waals surface area contributed by atoms with Crippen molar-refractivity contribution in [3.63, 3.8) is 0 Å². The highest BCUT2D eigenvalue weighted by atomic mass is 32.2. The number of rotatable bonds is 4. The zero-order valence-corrected chi connectivity index (χ0v) is 17.0. The molecule has 2 aliphatic heterocycles. The van der Waals surface area contributed by atoms with Crippen molar-refractivity contribution in [1.29, 1.82) is 0 Å². The maximum Gasteiger partial charge on any atom is 0.227 e. The third-order valence-corrected chi connectivity index (χ3v) is 7.62. The molecule has 0 radical (unpaired) electrons. The van der Waals surface area contributed by atoms with Crippen LogP contribution < -0.4 is 16.0 Å². The van der Waals surface area contributed by atoms with Crippen LogP contribution in [0.1, 0.15) is 42.0 Å². The number of piperidine rings is 1. The van der Waals surface area contributed by atoms with Gasteiger partial charge in [-0.3, -0.25) is 4.21 Å². The molecule has 7 heteroatoms. The molecule has 148 valence electrons. The highest BCUT2D eigenvalue weighted by Gasteiger charge is 2.36. The minimum atomic E-state index is -1.00. The summed E-state index contributed by atoms with van der Waals surface area (Å²) in [6, 6.07) is 9.35. The number of benzene rings is 1. The summed E-state index contributed by atoms with van der Waals surface area (Å²) in [5.41, 5.74) is 9.64. The van der Waals surface area contributed by atoms with E-state index < -0.39 is 10.8 Å². The van der Waals surface area contributed by atoms with E-state index in [1.807, 2.05) is 0 Å². The molecule has 5 rings (SSSR count). The SMILES string of the molecule is Cc1ccc(C2CCN(c3nc4c(c(NC5C[C@@H]5N)n3)S(=O)CC4)CC2)cc1. The lowest BCUT2D eigenvalue weighted by Crippen LogP contribution is -2.34. The Morgan fingerprint density at radius 3 is 2.57 bits per heavy atom. The van der Waals surface area contributed by atoms with Gasteiger partial charge in [0.1, 0.15) is 10.7 Å².